The Balaban J connectivity index is 2.07. The summed E-state index contributed by atoms with van der Waals surface area (Å²) in [6, 6.07) is 10.4. The molecule has 2 rings (SSSR count). The Kier molecular flexibility index (Phi) is 4.83. The Labute approximate surface area is 135 Å². The second-order valence-corrected chi connectivity index (χ2v) is 12.7. The van der Waals surface area contributed by atoms with E-state index in [9.17, 15) is 4.79 Å². The maximum Gasteiger partial charge on any atom is 0.251 e. The fraction of sp³-hybridized carbons (Fsp3) is 0.611. The van der Waals surface area contributed by atoms with Gasteiger partial charge in [0.05, 0.1) is 0 Å². The summed E-state index contributed by atoms with van der Waals surface area (Å²) in [5.74, 6) is 0.154. The van der Waals surface area contributed by atoms with E-state index in [1.165, 1.54) is 5.56 Å². The molecule has 1 unspecified atom stereocenters. The van der Waals surface area contributed by atoms with Gasteiger partial charge in [0.15, 0.2) is 8.32 Å². The first-order valence-electron chi connectivity index (χ1n) is 8.14. The average Bonchev–Trinajstić information content (AvgIpc) is 2.66. The van der Waals surface area contributed by atoms with Crippen LogP contribution in [0.15, 0.2) is 30.3 Å². The van der Waals surface area contributed by atoms with E-state index in [-0.39, 0.29) is 23.1 Å². The van der Waals surface area contributed by atoms with Gasteiger partial charge in [0.2, 0.25) is 0 Å². The number of nitrogens with zero attached hydrogens (tertiary/aromatic N) is 1. The van der Waals surface area contributed by atoms with Crippen LogP contribution in [0.4, 0.5) is 0 Å². The van der Waals surface area contributed by atoms with Gasteiger partial charge in [-0.25, -0.2) is 0 Å². The lowest BCUT2D eigenvalue weighted by Gasteiger charge is -2.37. The number of hydrogen-bond donors (Lipinski definition) is 0. The molecule has 0 aliphatic carbocycles. The minimum Gasteiger partial charge on any atom is -0.405 e. The molecule has 1 heterocycles. The minimum absolute atomic E-state index is 0.128. The molecular formula is C18H29NO2Si. The van der Waals surface area contributed by atoms with Crippen molar-refractivity contribution < 1.29 is 9.22 Å². The molecule has 1 fully saturated rings. The summed E-state index contributed by atoms with van der Waals surface area (Å²) >= 11 is 0. The lowest BCUT2D eigenvalue weighted by molar-refractivity contribution is -0.135. The van der Waals surface area contributed by atoms with Gasteiger partial charge in [-0.15, -0.1) is 0 Å². The number of hydrogen-bond acceptors (Lipinski definition) is 2. The SMILES string of the molecule is CC1C[C@H](O[Si](C)(C)C(C)(C)C)C(=O)N1Cc1ccccc1. The maximum absolute atomic E-state index is 12.7. The third kappa shape index (κ3) is 3.61. The fourth-order valence-electron chi connectivity index (χ4n) is 2.58. The van der Waals surface area contributed by atoms with Gasteiger partial charge in [0.1, 0.15) is 6.10 Å². The summed E-state index contributed by atoms with van der Waals surface area (Å²) in [7, 11) is -1.91. The number of rotatable bonds is 4. The van der Waals surface area contributed by atoms with Gasteiger partial charge < -0.3 is 9.33 Å². The predicted molar refractivity (Wildman–Crippen MR) is 93.1 cm³/mol. The molecule has 1 amide bonds. The Morgan fingerprint density at radius 3 is 2.36 bits per heavy atom. The van der Waals surface area contributed by atoms with Crippen molar-refractivity contribution in [3.63, 3.8) is 0 Å². The second kappa shape index (κ2) is 6.17. The topological polar surface area (TPSA) is 29.5 Å². The Bertz CT molecular complexity index is 522. The molecule has 1 saturated heterocycles. The van der Waals surface area contributed by atoms with Crippen molar-refractivity contribution >= 4 is 14.2 Å². The molecule has 0 saturated carbocycles. The van der Waals surface area contributed by atoms with Crippen molar-refractivity contribution in [2.75, 3.05) is 0 Å². The molecule has 1 aliphatic rings. The largest absolute Gasteiger partial charge is 0.405 e. The summed E-state index contributed by atoms with van der Waals surface area (Å²) in [5, 5.41) is 0.128. The maximum atomic E-state index is 12.7. The second-order valence-electron chi connectivity index (χ2n) is 7.90. The summed E-state index contributed by atoms with van der Waals surface area (Å²) in [6.45, 7) is 13.9. The van der Waals surface area contributed by atoms with Crippen LogP contribution >= 0.6 is 0 Å². The Hall–Kier alpha value is -1.13. The fourth-order valence-corrected chi connectivity index (χ4v) is 3.85. The standard InChI is InChI=1S/C18H29NO2Si/c1-14-12-16(21-22(5,6)18(2,3)4)17(20)19(14)13-15-10-8-7-9-11-15/h7-11,14,16H,12-13H2,1-6H3/t14?,16-/m0/s1. The van der Waals surface area contributed by atoms with E-state index >= 15 is 0 Å². The molecular weight excluding hydrogens is 290 g/mol. The van der Waals surface area contributed by atoms with Crippen LogP contribution in [0.5, 0.6) is 0 Å². The van der Waals surface area contributed by atoms with Crippen LogP contribution < -0.4 is 0 Å². The van der Waals surface area contributed by atoms with Gasteiger partial charge in [-0.05, 0) is 30.6 Å². The van der Waals surface area contributed by atoms with Gasteiger partial charge in [-0.2, -0.15) is 0 Å². The summed E-state index contributed by atoms with van der Waals surface area (Å²) in [5.41, 5.74) is 1.18. The lowest BCUT2D eigenvalue weighted by Crippen LogP contribution is -2.46. The Morgan fingerprint density at radius 2 is 1.82 bits per heavy atom. The molecule has 4 heteroatoms. The number of carbonyl (C=O) groups excluding carboxylic acids is 1. The van der Waals surface area contributed by atoms with E-state index < -0.39 is 8.32 Å². The third-order valence-electron chi connectivity index (χ3n) is 5.08. The number of carbonyl (C=O) groups is 1. The van der Waals surface area contributed by atoms with Gasteiger partial charge in [-0.1, -0.05) is 51.1 Å². The van der Waals surface area contributed by atoms with E-state index in [2.05, 4.69) is 52.9 Å². The van der Waals surface area contributed by atoms with Crippen molar-refractivity contribution in [3.8, 4) is 0 Å². The van der Waals surface area contributed by atoms with Crippen LogP contribution in [0.2, 0.25) is 18.1 Å². The molecule has 0 N–H and O–H groups in total. The monoisotopic (exact) mass is 319 g/mol. The van der Waals surface area contributed by atoms with Crippen molar-refractivity contribution in [2.24, 2.45) is 0 Å². The van der Waals surface area contributed by atoms with Crippen LogP contribution in [-0.2, 0) is 15.8 Å². The summed E-state index contributed by atoms with van der Waals surface area (Å²) in [6.07, 6.45) is 0.539. The summed E-state index contributed by atoms with van der Waals surface area (Å²) in [4.78, 5) is 14.7. The quantitative estimate of drug-likeness (QED) is 0.779. The normalized spacial score (nSPS) is 23.2. The van der Waals surface area contributed by atoms with E-state index in [4.69, 9.17) is 4.43 Å². The predicted octanol–water partition coefficient (Wildman–Crippen LogP) is 4.20. The zero-order valence-electron chi connectivity index (χ0n) is 14.7. The van der Waals surface area contributed by atoms with Crippen molar-refractivity contribution in [2.45, 2.75) is 70.9 Å². The molecule has 2 atom stereocenters. The van der Waals surface area contributed by atoms with E-state index in [0.717, 1.165) is 6.42 Å². The average molecular weight is 320 g/mol. The van der Waals surface area contributed by atoms with E-state index in [1.807, 2.05) is 23.1 Å². The van der Waals surface area contributed by atoms with E-state index in [0.29, 0.717) is 6.54 Å². The van der Waals surface area contributed by atoms with Crippen molar-refractivity contribution in [1.82, 2.24) is 4.90 Å². The zero-order valence-corrected chi connectivity index (χ0v) is 15.7. The van der Waals surface area contributed by atoms with Crippen LogP contribution in [0.25, 0.3) is 0 Å². The van der Waals surface area contributed by atoms with Crippen LogP contribution in [0.1, 0.15) is 39.7 Å². The van der Waals surface area contributed by atoms with Crippen molar-refractivity contribution in [1.29, 1.82) is 0 Å². The first-order valence-corrected chi connectivity index (χ1v) is 11.0. The first-order chi connectivity index (χ1) is 10.1. The molecule has 122 valence electrons. The molecule has 22 heavy (non-hydrogen) atoms. The van der Waals surface area contributed by atoms with Gasteiger partial charge in [0.25, 0.3) is 5.91 Å². The lowest BCUT2D eigenvalue weighted by atomic mass is 10.2. The molecule has 3 nitrogen and oxygen atoms in total. The number of amides is 1. The van der Waals surface area contributed by atoms with Gasteiger partial charge in [0, 0.05) is 19.0 Å². The number of likely N-dealkylation sites (tertiary alicyclic amines) is 1. The third-order valence-corrected chi connectivity index (χ3v) is 9.57. The summed E-state index contributed by atoms with van der Waals surface area (Å²) < 4.78 is 6.36. The van der Waals surface area contributed by atoms with Crippen LogP contribution in [0.3, 0.4) is 0 Å². The van der Waals surface area contributed by atoms with Gasteiger partial charge in [-0.3, -0.25) is 4.79 Å². The highest BCUT2D eigenvalue weighted by Gasteiger charge is 2.45. The Morgan fingerprint density at radius 1 is 1.23 bits per heavy atom. The van der Waals surface area contributed by atoms with E-state index in [1.54, 1.807) is 0 Å². The highest BCUT2D eigenvalue weighted by atomic mass is 28.4. The molecule has 0 aromatic heterocycles. The van der Waals surface area contributed by atoms with Crippen LogP contribution in [0, 0.1) is 0 Å². The first kappa shape index (κ1) is 17.2. The zero-order chi connectivity index (χ0) is 16.5. The highest BCUT2D eigenvalue weighted by molar-refractivity contribution is 6.74. The molecule has 1 aromatic rings. The number of benzene rings is 1. The van der Waals surface area contributed by atoms with Gasteiger partial charge >= 0.3 is 0 Å². The minimum atomic E-state index is -1.91. The molecule has 0 radical (unpaired) electrons. The van der Waals surface area contributed by atoms with Crippen LogP contribution in [-0.4, -0.2) is 31.3 Å². The molecule has 1 aliphatic heterocycles. The molecule has 0 bridgehead atoms. The highest BCUT2D eigenvalue weighted by Crippen LogP contribution is 2.39. The molecule has 1 aromatic carbocycles. The molecule has 0 spiro atoms. The van der Waals surface area contributed by atoms with Crippen molar-refractivity contribution in [3.05, 3.63) is 35.9 Å². The smallest absolute Gasteiger partial charge is 0.251 e.